The lowest BCUT2D eigenvalue weighted by molar-refractivity contribution is 0.545. The van der Waals surface area contributed by atoms with E-state index in [2.05, 4.69) is 34.2 Å². The summed E-state index contributed by atoms with van der Waals surface area (Å²) in [6, 6.07) is 14.1. The van der Waals surface area contributed by atoms with Gasteiger partial charge in [0.05, 0.1) is 0 Å². The topological polar surface area (TPSA) is 12.0 Å². The Labute approximate surface area is 138 Å². The lowest BCUT2D eigenvalue weighted by Gasteiger charge is -2.15. The van der Waals surface area contributed by atoms with Gasteiger partial charge < -0.3 is 5.32 Å². The van der Waals surface area contributed by atoms with Crippen molar-refractivity contribution in [2.45, 2.75) is 25.9 Å². The first kappa shape index (κ1) is 15.8. The first-order valence-electron chi connectivity index (χ1n) is 6.47. The first-order valence-corrected chi connectivity index (χ1v) is 8.02. The summed E-state index contributed by atoms with van der Waals surface area (Å²) in [6.45, 7) is 2.93. The van der Waals surface area contributed by atoms with E-state index in [1.54, 1.807) is 0 Å². The Hall–Kier alpha value is -0.540. The molecule has 0 aliphatic carbocycles. The van der Waals surface area contributed by atoms with Gasteiger partial charge in [-0.3, -0.25) is 0 Å². The maximum atomic E-state index is 6.18. The van der Waals surface area contributed by atoms with Crippen LogP contribution in [0.15, 0.2) is 46.9 Å². The molecule has 0 bridgehead atoms. The van der Waals surface area contributed by atoms with Gasteiger partial charge in [-0.25, -0.2) is 0 Å². The lowest BCUT2D eigenvalue weighted by Crippen LogP contribution is -2.27. The van der Waals surface area contributed by atoms with Crippen LogP contribution in [0.5, 0.6) is 0 Å². The molecule has 0 amide bonds. The Morgan fingerprint density at radius 1 is 1.10 bits per heavy atom. The average molecular weight is 373 g/mol. The van der Waals surface area contributed by atoms with Gasteiger partial charge in [-0.05, 0) is 48.7 Å². The predicted octanol–water partition coefficient (Wildman–Crippen LogP) is 5.48. The molecule has 4 heteroatoms. The van der Waals surface area contributed by atoms with Crippen molar-refractivity contribution in [3.8, 4) is 0 Å². The highest BCUT2D eigenvalue weighted by molar-refractivity contribution is 9.10. The molecule has 0 heterocycles. The van der Waals surface area contributed by atoms with Gasteiger partial charge in [-0.2, -0.15) is 0 Å². The van der Waals surface area contributed by atoms with E-state index < -0.39 is 0 Å². The summed E-state index contributed by atoms with van der Waals surface area (Å²) in [5.41, 5.74) is 2.32. The molecule has 0 aliphatic heterocycles. The number of benzene rings is 2. The zero-order chi connectivity index (χ0) is 14.5. The summed E-state index contributed by atoms with van der Waals surface area (Å²) in [5.74, 6) is 0. The molecule has 1 unspecified atom stereocenters. The van der Waals surface area contributed by atoms with E-state index in [9.17, 15) is 0 Å². The van der Waals surface area contributed by atoms with Gasteiger partial charge in [0.15, 0.2) is 0 Å². The minimum Gasteiger partial charge on any atom is -0.310 e. The quantitative estimate of drug-likeness (QED) is 0.732. The van der Waals surface area contributed by atoms with Crippen LogP contribution in [0.4, 0.5) is 0 Å². The van der Waals surface area contributed by atoms with Crippen molar-refractivity contribution in [2.75, 3.05) is 0 Å². The van der Waals surface area contributed by atoms with Gasteiger partial charge in [0.25, 0.3) is 0 Å². The Kier molecular flexibility index (Phi) is 5.91. The Morgan fingerprint density at radius 3 is 2.60 bits per heavy atom. The van der Waals surface area contributed by atoms with Gasteiger partial charge in [-0.15, -0.1) is 0 Å². The maximum Gasteiger partial charge on any atom is 0.0438 e. The molecule has 0 aliphatic rings. The molecule has 0 saturated carbocycles. The number of hydrogen-bond donors (Lipinski definition) is 1. The smallest absolute Gasteiger partial charge is 0.0438 e. The van der Waals surface area contributed by atoms with Crippen LogP contribution in [0, 0.1) is 0 Å². The molecule has 0 fully saturated rings. The average Bonchev–Trinajstić information content (AvgIpc) is 2.42. The normalized spacial score (nSPS) is 12.4. The second-order valence-corrected chi connectivity index (χ2v) is 6.51. The van der Waals surface area contributed by atoms with E-state index in [1.165, 1.54) is 5.56 Å². The molecule has 2 aromatic rings. The number of nitrogens with one attached hydrogen (secondary N) is 1. The van der Waals surface area contributed by atoms with E-state index in [0.29, 0.717) is 6.04 Å². The monoisotopic (exact) mass is 371 g/mol. The van der Waals surface area contributed by atoms with Gasteiger partial charge in [-0.1, -0.05) is 57.3 Å². The Morgan fingerprint density at radius 2 is 1.85 bits per heavy atom. The minimum atomic E-state index is 0.334. The fourth-order valence-corrected chi connectivity index (χ4v) is 2.82. The fraction of sp³-hybridized carbons (Fsp3) is 0.250. The number of rotatable bonds is 5. The van der Waals surface area contributed by atoms with Crippen molar-refractivity contribution in [1.82, 2.24) is 5.32 Å². The fourth-order valence-electron chi connectivity index (χ4n) is 2.03. The van der Waals surface area contributed by atoms with Crippen molar-refractivity contribution < 1.29 is 0 Å². The molecular formula is C16H16BrCl2N. The van der Waals surface area contributed by atoms with Crippen molar-refractivity contribution in [3.63, 3.8) is 0 Å². The maximum absolute atomic E-state index is 6.18. The molecule has 0 radical (unpaired) electrons. The molecule has 1 nitrogen and oxygen atoms in total. The zero-order valence-corrected chi connectivity index (χ0v) is 14.3. The zero-order valence-electron chi connectivity index (χ0n) is 11.2. The van der Waals surface area contributed by atoms with Crippen LogP contribution in [0.2, 0.25) is 10.0 Å². The van der Waals surface area contributed by atoms with E-state index in [4.69, 9.17) is 23.2 Å². The largest absolute Gasteiger partial charge is 0.310 e. The molecule has 0 aromatic heterocycles. The molecule has 106 valence electrons. The summed E-state index contributed by atoms with van der Waals surface area (Å²) in [4.78, 5) is 0. The molecule has 2 rings (SSSR count). The van der Waals surface area contributed by atoms with E-state index in [0.717, 1.165) is 33.0 Å². The number of hydrogen-bond acceptors (Lipinski definition) is 1. The molecule has 0 spiro atoms. The summed E-state index contributed by atoms with van der Waals surface area (Å²) in [5, 5.41) is 5.07. The highest BCUT2D eigenvalue weighted by Crippen LogP contribution is 2.21. The van der Waals surface area contributed by atoms with E-state index >= 15 is 0 Å². The molecule has 2 aromatic carbocycles. The minimum absolute atomic E-state index is 0.334. The SMILES string of the molecule is CC(Cc1ccccc1Cl)NCc1cc(Cl)ccc1Br. The van der Waals surface area contributed by atoms with Crippen molar-refractivity contribution in [1.29, 1.82) is 0 Å². The number of halogens is 3. The van der Waals surface area contributed by atoms with Crippen LogP contribution in [0.1, 0.15) is 18.1 Å². The Balaban J connectivity index is 1.94. The van der Waals surface area contributed by atoms with Crippen LogP contribution in [0.25, 0.3) is 0 Å². The third kappa shape index (κ3) is 4.49. The van der Waals surface area contributed by atoms with Crippen molar-refractivity contribution >= 4 is 39.1 Å². The highest BCUT2D eigenvalue weighted by Gasteiger charge is 2.07. The Bertz CT molecular complexity index is 586. The predicted molar refractivity (Wildman–Crippen MR) is 90.6 cm³/mol. The molecule has 1 atom stereocenters. The second-order valence-electron chi connectivity index (χ2n) is 4.81. The first-order chi connectivity index (χ1) is 9.56. The van der Waals surface area contributed by atoms with Crippen LogP contribution in [-0.2, 0) is 13.0 Å². The summed E-state index contributed by atoms with van der Waals surface area (Å²) in [6.07, 6.45) is 0.901. The summed E-state index contributed by atoms with van der Waals surface area (Å²) < 4.78 is 1.07. The van der Waals surface area contributed by atoms with Crippen LogP contribution in [0.3, 0.4) is 0 Å². The second kappa shape index (κ2) is 7.46. The lowest BCUT2D eigenvalue weighted by atomic mass is 10.1. The van der Waals surface area contributed by atoms with Crippen LogP contribution >= 0.6 is 39.1 Å². The van der Waals surface area contributed by atoms with E-state index in [1.807, 2.05) is 36.4 Å². The van der Waals surface area contributed by atoms with Gasteiger partial charge >= 0.3 is 0 Å². The molecule has 20 heavy (non-hydrogen) atoms. The molecule has 1 N–H and O–H groups in total. The standard InChI is InChI=1S/C16H16BrCl2N/c1-11(8-12-4-2-3-5-16(12)19)20-10-13-9-14(18)6-7-15(13)17/h2-7,9,11,20H,8,10H2,1H3. The van der Waals surface area contributed by atoms with Gasteiger partial charge in [0.2, 0.25) is 0 Å². The van der Waals surface area contributed by atoms with Crippen LogP contribution in [-0.4, -0.2) is 6.04 Å². The summed E-state index contributed by atoms with van der Waals surface area (Å²) in [7, 11) is 0. The highest BCUT2D eigenvalue weighted by atomic mass is 79.9. The van der Waals surface area contributed by atoms with Gasteiger partial charge in [0, 0.05) is 27.1 Å². The molecule has 0 saturated heterocycles. The summed E-state index contributed by atoms with van der Waals surface area (Å²) >= 11 is 15.7. The third-order valence-electron chi connectivity index (χ3n) is 3.13. The van der Waals surface area contributed by atoms with Crippen LogP contribution < -0.4 is 5.32 Å². The van der Waals surface area contributed by atoms with Gasteiger partial charge in [0.1, 0.15) is 0 Å². The van der Waals surface area contributed by atoms with Crippen molar-refractivity contribution in [3.05, 3.63) is 68.1 Å². The van der Waals surface area contributed by atoms with E-state index in [-0.39, 0.29) is 0 Å². The van der Waals surface area contributed by atoms with Crippen molar-refractivity contribution in [2.24, 2.45) is 0 Å². The third-order valence-corrected chi connectivity index (χ3v) is 4.51. The molecular weight excluding hydrogens is 357 g/mol.